The Morgan fingerprint density at radius 3 is 1.17 bits per heavy atom. The van der Waals surface area contributed by atoms with E-state index in [-0.39, 0.29) is 64.7 Å². The third-order valence-electron chi connectivity index (χ3n) is 13.4. The Labute approximate surface area is 474 Å². The molecule has 0 heterocycles. The Bertz CT molecular complexity index is 3130. The smallest absolute Gasteiger partial charge is 0.460 e. The quantitative estimate of drug-likeness (QED) is 0.0172. The molecule has 0 unspecified atom stereocenters. The number of rotatable bonds is 32. The van der Waals surface area contributed by atoms with Gasteiger partial charge in [-0.15, -0.1) is 0 Å². The first-order valence-corrected chi connectivity index (χ1v) is 27.4. The average molecular weight is 1160 g/mol. The van der Waals surface area contributed by atoms with Crippen molar-refractivity contribution in [3.63, 3.8) is 0 Å². The number of nitrogens with zero attached hydrogens (tertiary/aromatic N) is 1. The Balaban J connectivity index is 0.901. The molecule has 11 nitrogen and oxygen atoms in total. The van der Waals surface area contributed by atoms with Gasteiger partial charge in [0.2, 0.25) is 0 Å². The van der Waals surface area contributed by atoms with E-state index in [9.17, 15) is 64.0 Å². The van der Waals surface area contributed by atoms with Crippen LogP contribution >= 0.6 is 0 Å². The average Bonchev–Trinajstić information content (AvgIpc) is 2.32. The van der Waals surface area contributed by atoms with E-state index in [4.69, 9.17) is 28.4 Å². The molecular weight excluding hydrogens is 1100 g/mol. The maximum Gasteiger partial charge on any atom is 0.460 e. The number of carbonyl (C=O) groups excluding carboxylic acids is 4. The van der Waals surface area contributed by atoms with Crippen LogP contribution in [0.2, 0.25) is 0 Å². The summed E-state index contributed by atoms with van der Waals surface area (Å²) in [6.45, 7) is 3.02. The molecule has 0 fully saturated rings. The molecule has 0 spiro atoms. The molecular formula is C63H62F9NO10. The molecule has 0 saturated carbocycles. The van der Waals surface area contributed by atoms with E-state index in [1.54, 1.807) is 36.4 Å². The molecule has 0 bridgehead atoms. The number of esters is 4. The lowest BCUT2D eigenvalue weighted by Crippen LogP contribution is -2.60. The van der Waals surface area contributed by atoms with Crippen LogP contribution in [0.25, 0.3) is 10.8 Å². The molecule has 0 aliphatic carbocycles. The first-order valence-electron chi connectivity index (χ1n) is 27.4. The number of unbranched alkanes of at least 4 members (excludes halogenated alkanes) is 14. The standard InChI is InChI=1S/C63H62F9NO10/c1-2-3-4-5-6-7-8-10-13-16-39-78-48-28-19-44(20-29-48)56(74)80-50-32-23-46(24-33-50)58(76)82-52-36-18-43-27-37-55(54(42-73)53(43)41-52)83-59(77)47-25-34-51(35-26-47)81-57(75)45-21-30-49(31-22-45)79-40-17-14-11-9-12-15-38-60(64,65)61(66,67)62(68,69)63(70,71)72/h18-37,41H,2-17,38-40H2,1H3. The first kappa shape index (κ1) is 64.1. The molecule has 0 N–H and O–H groups in total. The van der Waals surface area contributed by atoms with E-state index in [1.807, 2.05) is 6.07 Å². The predicted molar refractivity (Wildman–Crippen MR) is 290 cm³/mol. The molecule has 0 aliphatic heterocycles. The lowest BCUT2D eigenvalue weighted by atomic mass is 9.98. The minimum absolute atomic E-state index is 0.0162. The molecule has 0 saturated heterocycles. The van der Waals surface area contributed by atoms with Crippen molar-refractivity contribution in [3.05, 3.63) is 155 Å². The summed E-state index contributed by atoms with van der Waals surface area (Å²) in [6.07, 6.45) is 4.48. The summed E-state index contributed by atoms with van der Waals surface area (Å²) in [5.41, 5.74) is 0.657. The highest BCUT2D eigenvalue weighted by Gasteiger charge is 2.81. The minimum atomic E-state index is -6.89. The fraction of sp³-hybridized carbons (Fsp3) is 0.381. The summed E-state index contributed by atoms with van der Waals surface area (Å²) >= 11 is 0. The summed E-state index contributed by atoms with van der Waals surface area (Å²) < 4.78 is 151. The van der Waals surface area contributed by atoms with Crippen LogP contribution in [0.15, 0.2) is 127 Å². The van der Waals surface area contributed by atoms with Crippen molar-refractivity contribution in [2.45, 2.75) is 140 Å². The summed E-state index contributed by atoms with van der Waals surface area (Å²) in [5, 5.41) is 11.1. The Morgan fingerprint density at radius 1 is 0.410 bits per heavy atom. The molecule has 6 rings (SSSR count). The van der Waals surface area contributed by atoms with Gasteiger partial charge in [-0.05, 0) is 140 Å². The Hall–Kier alpha value is -8.08. The van der Waals surface area contributed by atoms with Crippen LogP contribution in [-0.2, 0) is 0 Å². The highest BCUT2D eigenvalue weighted by Crippen LogP contribution is 2.54. The number of carbonyl (C=O) groups is 4. The van der Waals surface area contributed by atoms with Gasteiger partial charge >= 0.3 is 47.8 Å². The topological polar surface area (TPSA) is 147 Å². The number of fused-ring (bicyclic) bond motifs is 1. The second-order valence-electron chi connectivity index (χ2n) is 19.7. The number of hydrogen-bond acceptors (Lipinski definition) is 11. The second-order valence-corrected chi connectivity index (χ2v) is 19.7. The maximum absolute atomic E-state index is 13.7. The molecule has 442 valence electrons. The number of benzene rings is 6. The summed E-state index contributed by atoms with van der Waals surface area (Å²) in [7, 11) is 0. The van der Waals surface area contributed by atoms with Gasteiger partial charge in [-0.25, -0.2) is 19.2 Å². The summed E-state index contributed by atoms with van der Waals surface area (Å²) in [4.78, 5) is 52.2. The number of halogens is 9. The molecule has 6 aromatic carbocycles. The van der Waals surface area contributed by atoms with Gasteiger partial charge in [0.15, 0.2) is 0 Å². The van der Waals surface area contributed by atoms with Gasteiger partial charge in [0, 0.05) is 11.8 Å². The Kier molecular flexibility index (Phi) is 23.4. The van der Waals surface area contributed by atoms with Crippen molar-refractivity contribution in [2.75, 3.05) is 13.2 Å². The highest BCUT2D eigenvalue weighted by atomic mass is 19.4. The molecule has 0 aliphatic rings. The normalized spacial score (nSPS) is 11.9. The molecule has 6 aromatic rings. The third-order valence-corrected chi connectivity index (χ3v) is 13.4. The predicted octanol–water partition coefficient (Wildman–Crippen LogP) is 17.5. The van der Waals surface area contributed by atoms with Gasteiger partial charge in [-0.1, -0.05) is 103 Å². The third kappa shape index (κ3) is 18.2. The van der Waals surface area contributed by atoms with Crippen LogP contribution < -0.4 is 28.4 Å². The van der Waals surface area contributed by atoms with Crippen LogP contribution in [0, 0.1) is 11.3 Å². The second kappa shape index (κ2) is 30.3. The van der Waals surface area contributed by atoms with Crippen LogP contribution in [0.1, 0.15) is 163 Å². The van der Waals surface area contributed by atoms with E-state index < -0.39 is 60.7 Å². The van der Waals surface area contributed by atoms with Crippen molar-refractivity contribution in [2.24, 2.45) is 0 Å². The van der Waals surface area contributed by atoms with Crippen molar-refractivity contribution in [3.8, 4) is 40.6 Å². The van der Waals surface area contributed by atoms with Gasteiger partial charge in [0.05, 0.1) is 35.5 Å². The van der Waals surface area contributed by atoms with Crippen molar-refractivity contribution >= 4 is 34.6 Å². The van der Waals surface area contributed by atoms with Crippen molar-refractivity contribution < 1.29 is 87.1 Å². The van der Waals surface area contributed by atoms with E-state index in [0.717, 1.165) is 12.8 Å². The van der Waals surface area contributed by atoms with Crippen molar-refractivity contribution in [1.29, 1.82) is 5.26 Å². The van der Waals surface area contributed by atoms with Crippen LogP contribution in [-0.4, -0.2) is 61.0 Å². The van der Waals surface area contributed by atoms with Crippen LogP contribution in [0.4, 0.5) is 39.5 Å². The molecule has 0 atom stereocenters. The number of nitriles is 1. The molecule has 83 heavy (non-hydrogen) atoms. The number of hydrogen-bond donors (Lipinski definition) is 0. The number of alkyl halides is 9. The van der Waals surface area contributed by atoms with Crippen LogP contribution in [0.5, 0.6) is 34.5 Å². The monoisotopic (exact) mass is 1160 g/mol. The lowest BCUT2D eigenvalue weighted by Gasteiger charge is -2.33. The zero-order chi connectivity index (χ0) is 60.0. The fourth-order valence-electron chi connectivity index (χ4n) is 8.58. The SMILES string of the molecule is CCCCCCCCCCCCOc1ccc(C(=O)Oc2ccc(C(=O)Oc3ccc4ccc(OC(=O)c5ccc(OC(=O)c6ccc(OCCCCCCCCC(F)(F)C(F)(F)C(F)(F)C(F)(F)F)cc6)cc5)c(C#N)c4c3)cc2)cc1. The molecule has 0 amide bonds. The highest BCUT2D eigenvalue weighted by molar-refractivity contribution is 5.97. The zero-order valence-corrected chi connectivity index (χ0v) is 45.5. The van der Waals surface area contributed by atoms with Gasteiger partial charge in [0.1, 0.15) is 46.1 Å². The number of ether oxygens (including phenoxy) is 6. The summed E-state index contributed by atoms with van der Waals surface area (Å²) in [5.74, 6) is -20.6. The van der Waals surface area contributed by atoms with E-state index in [2.05, 4.69) is 6.92 Å². The van der Waals surface area contributed by atoms with Gasteiger partial charge in [-0.3, -0.25) is 0 Å². The fourth-order valence-corrected chi connectivity index (χ4v) is 8.58. The molecule has 0 radical (unpaired) electrons. The van der Waals surface area contributed by atoms with E-state index in [1.165, 1.54) is 142 Å². The van der Waals surface area contributed by atoms with Gasteiger partial charge in [0.25, 0.3) is 0 Å². The maximum atomic E-state index is 13.7. The minimum Gasteiger partial charge on any atom is -0.494 e. The van der Waals surface area contributed by atoms with Crippen LogP contribution in [0.3, 0.4) is 0 Å². The zero-order valence-electron chi connectivity index (χ0n) is 45.5. The van der Waals surface area contributed by atoms with Gasteiger partial charge in [-0.2, -0.15) is 44.8 Å². The first-order chi connectivity index (χ1) is 39.6. The Morgan fingerprint density at radius 2 is 0.759 bits per heavy atom. The lowest BCUT2D eigenvalue weighted by molar-refractivity contribution is -0.396. The van der Waals surface area contributed by atoms with Gasteiger partial charge < -0.3 is 28.4 Å². The molecule has 20 heteroatoms. The summed E-state index contributed by atoms with van der Waals surface area (Å²) in [6, 6.07) is 33.5. The van der Waals surface area contributed by atoms with E-state index >= 15 is 0 Å². The van der Waals surface area contributed by atoms with Crippen molar-refractivity contribution in [1.82, 2.24) is 0 Å². The molecule has 0 aromatic heterocycles. The largest absolute Gasteiger partial charge is 0.494 e. The van der Waals surface area contributed by atoms with E-state index in [0.29, 0.717) is 53.7 Å².